The highest BCUT2D eigenvalue weighted by atomic mass is 31.2. The predicted octanol–water partition coefficient (Wildman–Crippen LogP) is 12.4. The second-order valence-electron chi connectivity index (χ2n) is 16.0. The molecule has 324 valence electrons. The van der Waals surface area contributed by atoms with Gasteiger partial charge in [0.25, 0.3) is 0 Å². The fourth-order valence-corrected chi connectivity index (χ4v) is 6.63. The summed E-state index contributed by atoms with van der Waals surface area (Å²) in [5.74, 6) is -0.237. The predicted molar refractivity (Wildman–Crippen MR) is 240 cm³/mol. The Morgan fingerprint density at radius 2 is 1.07 bits per heavy atom. The number of nitrogens with one attached hydrogen (secondary N) is 1. The monoisotopic (exact) mass is 806 g/mol. The fourth-order valence-electron chi connectivity index (χ4n) is 5.90. The molecule has 0 aliphatic carbocycles. The number of allylic oxidation sites excluding steroid dienone is 11. The van der Waals surface area contributed by atoms with Crippen molar-refractivity contribution in [3.05, 3.63) is 72.9 Å². The Labute approximate surface area is 344 Å². The fraction of sp³-hybridized carbons (Fsp3) is 0.723. The molecule has 0 aliphatic rings. The molecule has 0 aromatic rings. The number of phosphoric ester groups is 1. The molecule has 9 heteroatoms. The summed E-state index contributed by atoms with van der Waals surface area (Å²) in [6.45, 7) is 4.64. The molecule has 0 rings (SSSR count). The second kappa shape index (κ2) is 38.5. The van der Waals surface area contributed by atoms with Crippen molar-refractivity contribution >= 4 is 13.7 Å². The molecule has 3 unspecified atom stereocenters. The number of quaternary nitrogens is 1. The third-order valence-corrected chi connectivity index (χ3v) is 10.4. The van der Waals surface area contributed by atoms with Crippen molar-refractivity contribution in [2.24, 2.45) is 0 Å². The van der Waals surface area contributed by atoms with Crippen LogP contribution in [0.3, 0.4) is 0 Å². The van der Waals surface area contributed by atoms with E-state index in [0.717, 1.165) is 57.8 Å². The lowest BCUT2D eigenvalue weighted by molar-refractivity contribution is -0.870. The van der Waals surface area contributed by atoms with Gasteiger partial charge in [-0.05, 0) is 57.8 Å². The third kappa shape index (κ3) is 40.1. The number of unbranched alkanes of at least 4 members (excludes halogenated alkanes) is 16. The molecule has 0 heterocycles. The van der Waals surface area contributed by atoms with Crippen molar-refractivity contribution in [2.45, 2.75) is 180 Å². The minimum Gasteiger partial charge on any atom is -0.387 e. The molecule has 56 heavy (non-hydrogen) atoms. The van der Waals surface area contributed by atoms with Gasteiger partial charge in [0.1, 0.15) is 13.2 Å². The summed E-state index contributed by atoms with van der Waals surface area (Å²) in [7, 11) is 1.52. The zero-order valence-electron chi connectivity index (χ0n) is 36.6. The van der Waals surface area contributed by atoms with Gasteiger partial charge in [-0.2, -0.15) is 0 Å². The first-order valence-electron chi connectivity index (χ1n) is 22.3. The summed E-state index contributed by atoms with van der Waals surface area (Å²) in [6, 6.07) is -0.879. The molecule has 0 aromatic heterocycles. The molecule has 0 bridgehead atoms. The van der Waals surface area contributed by atoms with Crippen LogP contribution in [-0.2, 0) is 18.4 Å². The molecule has 3 atom stereocenters. The maximum Gasteiger partial charge on any atom is 0.472 e. The maximum absolute atomic E-state index is 12.8. The van der Waals surface area contributed by atoms with Crippen LogP contribution in [0.2, 0.25) is 0 Å². The summed E-state index contributed by atoms with van der Waals surface area (Å²) in [6.07, 6.45) is 51.2. The van der Waals surface area contributed by atoms with Crippen molar-refractivity contribution in [3.8, 4) is 0 Å². The highest BCUT2D eigenvalue weighted by Gasteiger charge is 2.27. The van der Waals surface area contributed by atoms with Crippen LogP contribution in [0.15, 0.2) is 72.9 Å². The highest BCUT2D eigenvalue weighted by Crippen LogP contribution is 2.43. The largest absolute Gasteiger partial charge is 0.472 e. The molecule has 0 aromatic carbocycles. The molecular formula is C47H86N2O6P+. The number of nitrogens with zero attached hydrogens (tertiary/aromatic N) is 1. The second-order valence-corrected chi connectivity index (χ2v) is 17.5. The summed E-state index contributed by atoms with van der Waals surface area (Å²) >= 11 is 0. The average molecular weight is 806 g/mol. The van der Waals surface area contributed by atoms with E-state index in [1.807, 2.05) is 27.2 Å². The van der Waals surface area contributed by atoms with E-state index >= 15 is 0 Å². The summed E-state index contributed by atoms with van der Waals surface area (Å²) < 4.78 is 23.5. The molecule has 3 N–H and O–H groups in total. The van der Waals surface area contributed by atoms with E-state index in [-0.39, 0.29) is 25.5 Å². The minimum atomic E-state index is -4.36. The van der Waals surface area contributed by atoms with Crippen LogP contribution in [0.4, 0.5) is 0 Å². The van der Waals surface area contributed by atoms with Gasteiger partial charge in [-0.15, -0.1) is 0 Å². The van der Waals surface area contributed by atoms with Crippen LogP contribution >= 0.6 is 7.82 Å². The number of aliphatic hydroxyl groups excluding tert-OH is 1. The molecule has 0 fully saturated rings. The van der Waals surface area contributed by atoms with Crippen molar-refractivity contribution < 1.29 is 32.9 Å². The van der Waals surface area contributed by atoms with Crippen molar-refractivity contribution in [1.82, 2.24) is 5.32 Å². The van der Waals surface area contributed by atoms with Gasteiger partial charge in [0.05, 0.1) is 39.9 Å². The van der Waals surface area contributed by atoms with Crippen molar-refractivity contribution in [2.75, 3.05) is 40.9 Å². The van der Waals surface area contributed by atoms with Gasteiger partial charge in [-0.3, -0.25) is 13.8 Å². The lowest BCUT2D eigenvalue weighted by Gasteiger charge is -2.25. The first-order valence-corrected chi connectivity index (χ1v) is 23.8. The zero-order valence-corrected chi connectivity index (χ0v) is 37.5. The number of amides is 1. The molecule has 0 aliphatic heterocycles. The van der Waals surface area contributed by atoms with E-state index in [1.54, 1.807) is 6.08 Å². The van der Waals surface area contributed by atoms with Crippen LogP contribution in [0.25, 0.3) is 0 Å². The van der Waals surface area contributed by atoms with Crippen LogP contribution < -0.4 is 5.32 Å². The quantitative estimate of drug-likeness (QED) is 0.0247. The number of hydrogen-bond acceptors (Lipinski definition) is 5. The van der Waals surface area contributed by atoms with Gasteiger partial charge >= 0.3 is 7.82 Å². The Hall–Kier alpha value is -2.06. The molecule has 1 amide bonds. The smallest absolute Gasteiger partial charge is 0.387 e. The van der Waals surface area contributed by atoms with E-state index in [9.17, 15) is 19.4 Å². The van der Waals surface area contributed by atoms with Gasteiger partial charge in [0.15, 0.2) is 0 Å². The normalized spacial score (nSPS) is 15.1. The summed E-state index contributed by atoms with van der Waals surface area (Å²) in [4.78, 5) is 23.1. The van der Waals surface area contributed by atoms with Crippen LogP contribution in [0.1, 0.15) is 168 Å². The Kier molecular flexibility index (Phi) is 37.0. The van der Waals surface area contributed by atoms with E-state index in [4.69, 9.17) is 9.05 Å². The first-order chi connectivity index (χ1) is 27.0. The molecule has 0 radical (unpaired) electrons. The Balaban J connectivity index is 4.55. The lowest BCUT2D eigenvalue weighted by Crippen LogP contribution is -2.45. The molecule has 0 saturated carbocycles. The van der Waals surface area contributed by atoms with Gasteiger partial charge in [-0.25, -0.2) is 4.57 Å². The van der Waals surface area contributed by atoms with Crippen LogP contribution in [0, 0.1) is 0 Å². The number of likely N-dealkylation sites (N-methyl/N-ethyl adjacent to an activating group) is 1. The number of aliphatic hydroxyl groups is 1. The Morgan fingerprint density at radius 1 is 0.625 bits per heavy atom. The van der Waals surface area contributed by atoms with Crippen LogP contribution in [-0.4, -0.2) is 73.4 Å². The molecule has 0 saturated heterocycles. The standard InChI is InChI=1S/C47H85N2O6P/c1-6-8-10-12-14-16-18-20-22-24-26-28-30-32-34-36-38-40-46(50)45(44-55-56(52,53)54-43-42-49(3,4)5)48-47(51)41-39-37-35-33-31-29-27-25-23-21-19-17-15-13-11-9-7-2/h9,11,15,17,21,23,27,29,33,35,38,40,45-46,50H,6-8,10,12-14,16,18-20,22,24-26,28,30-32,34,36-37,39,41-44H2,1-5H3,(H-,48,51,52,53)/p+1/b11-9-,17-15-,23-21-,29-27-,35-33-,40-38+. The third-order valence-electron chi connectivity index (χ3n) is 9.43. The topological polar surface area (TPSA) is 105 Å². The van der Waals surface area contributed by atoms with Gasteiger partial charge < -0.3 is 19.8 Å². The molecule has 8 nitrogen and oxygen atoms in total. The lowest BCUT2D eigenvalue weighted by atomic mass is 10.0. The van der Waals surface area contributed by atoms with E-state index < -0.39 is 20.0 Å². The summed E-state index contributed by atoms with van der Waals surface area (Å²) in [5.41, 5.74) is 0. The number of rotatable bonds is 39. The SMILES string of the molecule is CC/C=C\C/C=C\C/C=C\C/C=C\C/C=C\CCCC(=O)NC(COP(=O)(O)OCC[N+](C)(C)C)C(O)/C=C/CCCCCCCCCCCCCCCCC. The van der Waals surface area contributed by atoms with E-state index in [0.29, 0.717) is 17.4 Å². The van der Waals surface area contributed by atoms with Crippen LogP contribution in [0.5, 0.6) is 0 Å². The van der Waals surface area contributed by atoms with Crippen molar-refractivity contribution in [1.29, 1.82) is 0 Å². The maximum atomic E-state index is 12.8. The van der Waals surface area contributed by atoms with Gasteiger partial charge in [0.2, 0.25) is 5.91 Å². The number of carbonyl (C=O) groups excluding carboxylic acids is 1. The number of carbonyl (C=O) groups is 1. The number of phosphoric acid groups is 1. The molecular weight excluding hydrogens is 719 g/mol. The first kappa shape index (κ1) is 53.9. The number of hydrogen-bond donors (Lipinski definition) is 3. The Morgan fingerprint density at radius 3 is 1.55 bits per heavy atom. The minimum absolute atomic E-state index is 0.0474. The highest BCUT2D eigenvalue weighted by molar-refractivity contribution is 7.47. The van der Waals surface area contributed by atoms with E-state index in [2.05, 4.69) is 79.9 Å². The summed E-state index contributed by atoms with van der Waals surface area (Å²) in [5, 5.41) is 13.8. The Bertz CT molecular complexity index is 1140. The van der Waals surface area contributed by atoms with Gasteiger partial charge in [-0.1, -0.05) is 177 Å². The van der Waals surface area contributed by atoms with E-state index in [1.165, 1.54) is 83.5 Å². The average Bonchev–Trinajstić information content (AvgIpc) is 3.15. The van der Waals surface area contributed by atoms with Crippen molar-refractivity contribution in [3.63, 3.8) is 0 Å². The zero-order chi connectivity index (χ0) is 41.4. The van der Waals surface area contributed by atoms with Gasteiger partial charge in [0, 0.05) is 6.42 Å². The molecule has 0 spiro atoms.